The lowest BCUT2D eigenvalue weighted by Crippen LogP contribution is -2.45. The largest absolute Gasteiger partial charge is 0.476 e. The van der Waals surface area contributed by atoms with Gasteiger partial charge in [-0.05, 0) is 44.9 Å². The predicted molar refractivity (Wildman–Crippen MR) is 80.4 cm³/mol. The Hall–Kier alpha value is -2.04. The number of rotatable bonds is 2. The Morgan fingerprint density at radius 2 is 2.05 bits per heavy atom. The van der Waals surface area contributed by atoms with Crippen molar-refractivity contribution in [2.75, 3.05) is 10.6 Å². The average Bonchev–Trinajstić information content (AvgIpc) is 2.94. The summed E-state index contributed by atoms with van der Waals surface area (Å²) in [4.78, 5) is 24.0. The summed E-state index contributed by atoms with van der Waals surface area (Å²) in [5, 5.41) is 5.74. The van der Waals surface area contributed by atoms with Crippen molar-refractivity contribution in [3.63, 3.8) is 0 Å². The zero-order chi connectivity index (χ0) is 15.0. The number of hydrogen-bond donors (Lipinski definition) is 2. The van der Waals surface area contributed by atoms with E-state index in [0.717, 1.165) is 25.7 Å². The molecule has 0 spiro atoms. The van der Waals surface area contributed by atoms with E-state index in [4.69, 9.17) is 4.74 Å². The topological polar surface area (TPSA) is 67.4 Å². The van der Waals surface area contributed by atoms with Crippen LogP contribution in [0.1, 0.15) is 39.5 Å². The number of nitrogens with one attached hydrogen (secondary N) is 2. The fourth-order valence-corrected chi connectivity index (χ4v) is 2.82. The van der Waals surface area contributed by atoms with E-state index < -0.39 is 5.60 Å². The molecule has 1 aliphatic carbocycles. The third-order valence-electron chi connectivity index (χ3n) is 4.13. The first-order chi connectivity index (χ1) is 9.95. The minimum absolute atomic E-state index is 0.0656. The summed E-state index contributed by atoms with van der Waals surface area (Å²) < 4.78 is 5.67. The van der Waals surface area contributed by atoms with Gasteiger partial charge in [-0.15, -0.1) is 0 Å². The van der Waals surface area contributed by atoms with Crippen molar-refractivity contribution in [2.24, 2.45) is 5.92 Å². The van der Waals surface area contributed by atoms with Gasteiger partial charge in [0.25, 0.3) is 5.91 Å². The Kier molecular flexibility index (Phi) is 3.35. The van der Waals surface area contributed by atoms with E-state index in [2.05, 4.69) is 10.6 Å². The Bertz CT molecular complexity index is 589. The quantitative estimate of drug-likeness (QED) is 0.879. The Morgan fingerprint density at radius 3 is 2.76 bits per heavy atom. The van der Waals surface area contributed by atoms with Gasteiger partial charge in [-0.25, -0.2) is 0 Å². The van der Waals surface area contributed by atoms with Crippen molar-refractivity contribution >= 4 is 23.2 Å². The van der Waals surface area contributed by atoms with Gasteiger partial charge in [0.05, 0.1) is 5.69 Å². The molecule has 112 valence electrons. The molecule has 0 aromatic heterocycles. The van der Waals surface area contributed by atoms with Crippen LogP contribution in [-0.2, 0) is 9.59 Å². The lowest BCUT2D eigenvalue weighted by Gasteiger charge is -2.31. The molecule has 5 heteroatoms. The van der Waals surface area contributed by atoms with Crippen LogP contribution in [0.3, 0.4) is 0 Å². The maximum Gasteiger partial charge on any atom is 0.268 e. The molecule has 2 amide bonds. The molecule has 2 aliphatic rings. The van der Waals surface area contributed by atoms with E-state index in [1.54, 1.807) is 32.0 Å². The van der Waals surface area contributed by atoms with Gasteiger partial charge in [0.1, 0.15) is 5.75 Å². The summed E-state index contributed by atoms with van der Waals surface area (Å²) >= 11 is 0. The molecule has 1 aliphatic heterocycles. The van der Waals surface area contributed by atoms with E-state index in [9.17, 15) is 9.59 Å². The first-order valence-electron chi connectivity index (χ1n) is 7.41. The van der Waals surface area contributed by atoms with Crippen LogP contribution in [0.5, 0.6) is 5.75 Å². The highest BCUT2D eigenvalue weighted by atomic mass is 16.5. The molecule has 1 saturated carbocycles. The molecule has 0 radical (unpaired) electrons. The third-order valence-corrected chi connectivity index (χ3v) is 4.13. The number of amides is 2. The Labute approximate surface area is 124 Å². The third kappa shape index (κ3) is 2.73. The second kappa shape index (κ2) is 5.06. The molecule has 1 aromatic rings. The van der Waals surface area contributed by atoms with Crippen molar-refractivity contribution in [3.8, 4) is 5.75 Å². The highest BCUT2D eigenvalue weighted by Crippen LogP contribution is 2.35. The summed E-state index contributed by atoms with van der Waals surface area (Å²) in [5.41, 5.74) is 0.416. The number of carbonyl (C=O) groups excluding carboxylic acids is 2. The van der Waals surface area contributed by atoms with Crippen LogP contribution < -0.4 is 15.4 Å². The molecule has 2 N–H and O–H groups in total. The van der Waals surface area contributed by atoms with Gasteiger partial charge in [0.2, 0.25) is 5.91 Å². The molecular formula is C16H20N2O3. The van der Waals surface area contributed by atoms with E-state index in [-0.39, 0.29) is 17.7 Å². The monoisotopic (exact) mass is 288 g/mol. The molecule has 3 rings (SSSR count). The van der Waals surface area contributed by atoms with E-state index in [0.29, 0.717) is 17.1 Å². The smallest absolute Gasteiger partial charge is 0.268 e. The van der Waals surface area contributed by atoms with Crippen LogP contribution in [0.25, 0.3) is 0 Å². The van der Waals surface area contributed by atoms with Gasteiger partial charge in [0, 0.05) is 11.6 Å². The van der Waals surface area contributed by atoms with Crippen LogP contribution >= 0.6 is 0 Å². The zero-order valence-electron chi connectivity index (χ0n) is 12.4. The number of anilines is 2. The van der Waals surface area contributed by atoms with Crippen LogP contribution in [0.15, 0.2) is 18.2 Å². The standard InChI is InChI=1S/C16H20N2O3/c1-16(2)15(20)18-12-9-11(7-8-13(12)21-16)17-14(19)10-5-3-4-6-10/h7-10H,3-6H2,1-2H3,(H,17,19)(H,18,20). The van der Waals surface area contributed by atoms with Gasteiger partial charge < -0.3 is 15.4 Å². The minimum Gasteiger partial charge on any atom is -0.476 e. The SMILES string of the molecule is CC1(C)Oc2ccc(NC(=O)C3CCCC3)cc2NC1=O. The highest BCUT2D eigenvalue weighted by Gasteiger charge is 2.35. The second-order valence-corrected chi connectivity index (χ2v) is 6.25. The number of hydrogen-bond acceptors (Lipinski definition) is 3. The normalized spacial score (nSPS) is 20.4. The molecule has 0 atom stereocenters. The fraction of sp³-hybridized carbons (Fsp3) is 0.500. The van der Waals surface area contributed by atoms with Crippen LogP contribution in [-0.4, -0.2) is 17.4 Å². The number of ether oxygens (including phenoxy) is 1. The predicted octanol–water partition coefficient (Wildman–Crippen LogP) is 2.92. The first-order valence-corrected chi connectivity index (χ1v) is 7.41. The molecule has 0 saturated heterocycles. The Morgan fingerprint density at radius 1 is 1.33 bits per heavy atom. The summed E-state index contributed by atoms with van der Waals surface area (Å²) in [6, 6.07) is 5.33. The molecule has 1 aromatic carbocycles. The van der Waals surface area contributed by atoms with E-state index in [1.165, 1.54) is 0 Å². The van der Waals surface area contributed by atoms with Crippen LogP contribution in [0, 0.1) is 5.92 Å². The van der Waals surface area contributed by atoms with Gasteiger partial charge in [-0.2, -0.15) is 0 Å². The van der Waals surface area contributed by atoms with E-state index in [1.807, 2.05) is 0 Å². The molecular weight excluding hydrogens is 268 g/mol. The molecule has 1 heterocycles. The van der Waals surface area contributed by atoms with Crippen molar-refractivity contribution in [2.45, 2.75) is 45.1 Å². The lowest BCUT2D eigenvalue weighted by atomic mass is 10.1. The molecule has 1 fully saturated rings. The number of carbonyl (C=O) groups is 2. The first kappa shape index (κ1) is 13.9. The van der Waals surface area contributed by atoms with Gasteiger partial charge >= 0.3 is 0 Å². The fourth-order valence-electron chi connectivity index (χ4n) is 2.82. The molecule has 0 unspecified atom stereocenters. The molecule has 0 bridgehead atoms. The maximum absolute atomic E-state index is 12.1. The average molecular weight is 288 g/mol. The lowest BCUT2D eigenvalue weighted by molar-refractivity contribution is -0.129. The Balaban J connectivity index is 1.76. The van der Waals surface area contributed by atoms with Crippen molar-refractivity contribution in [3.05, 3.63) is 18.2 Å². The molecule has 5 nitrogen and oxygen atoms in total. The van der Waals surface area contributed by atoms with Gasteiger partial charge in [-0.3, -0.25) is 9.59 Å². The second-order valence-electron chi connectivity index (χ2n) is 6.25. The summed E-state index contributed by atoms with van der Waals surface area (Å²) in [5.74, 6) is 0.620. The van der Waals surface area contributed by atoms with E-state index >= 15 is 0 Å². The van der Waals surface area contributed by atoms with Crippen molar-refractivity contribution < 1.29 is 14.3 Å². The summed E-state index contributed by atoms with van der Waals surface area (Å²) in [7, 11) is 0. The summed E-state index contributed by atoms with van der Waals surface area (Å²) in [6.45, 7) is 3.45. The number of benzene rings is 1. The van der Waals surface area contributed by atoms with Gasteiger partial charge in [-0.1, -0.05) is 12.8 Å². The zero-order valence-corrected chi connectivity index (χ0v) is 12.4. The van der Waals surface area contributed by atoms with Crippen LogP contribution in [0.2, 0.25) is 0 Å². The minimum atomic E-state index is -0.873. The van der Waals surface area contributed by atoms with Crippen molar-refractivity contribution in [1.82, 2.24) is 0 Å². The van der Waals surface area contributed by atoms with Crippen LogP contribution in [0.4, 0.5) is 11.4 Å². The number of fused-ring (bicyclic) bond motifs is 1. The highest BCUT2D eigenvalue weighted by molar-refractivity contribution is 6.01. The summed E-state index contributed by atoms with van der Waals surface area (Å²) in [6.07, 6.45) is 4.18. The maximum atomic E-state index is 12.1. The molecule has 21 heavy (non-hydrogen) atoms. The van der Waals surface area contributed by atoms with Crippen molar-refractivity contribution in [1.29, 1.82) is 0 Å². The van der Waals surface area contributed by atoms with Gasteiger partial charge in [0.15, 0.2) is 5.60 Å².